The molecular weight excluding hydrogens is 146 g/mol. The molecular formula is C11H15N. The zero-order valence-corrected chi connectivity index (χ0v) is 8.18. The highest BCUT2D eigenvalue weighted by molar-refractivity contribution is 5.98. The Hall–Kier alpha value is -1.11. The van der Waals surface area contributed by atoms with E-state index in [1.54, 1.807) is 0 Å². The zero-order chi connectivity index (χ0) is 9.14. The topological polar surface area (TPSA) is 12.4 Å². The van der Waals surface area contributed by atoms with Crippen LogP contribution in [0.2, 0.25) is 0 Å². The summed E-state index contributed by atoms with van der Waals surface area (Å²) in [6.45, 7) is 6.26. The molecule has 1 aromatic carbocycles. The maximum Gasteiger partial charge on any atom is 0.0386 e. The molecule has 0 aromatic heterocycles. The van der Waals surface area contributed by atoms with Gasteiger partial charge in [-0.25, -0.2) is 0 Å². The Kier molecular flexibility index (Phi) is 2.64. The van der Waals surface area contributed by atoms with Gasteiger partial charge in [0.1, 0.15) is 0 Å². The Morgan fingerprint density at radius 3 is 2.00 bits per heavy atom. The van der Waals surface area contributed by atoms with Crippen molar-refractivity contribution in [3.8, 4) is 0 Å². The van der Waals surface area contributed by atoms with Gasteiger partial charge in [-0.3, -0.25) is 4.99 Å². The summed E-state index contributed by atoms with van der Waals surface area (Å²) in [6.07, 6.45) is 0. The SMILES string of the molecule is CN=C(C)c1cc(C)cc(C)c1. The molecule has 0 aliphatic heterocycles. The van der Waals surface area contributed by atoms with Gasteiger partial charge in [-0.1, -0.05) is 29.3 Å². The van der Waals surface area contributed by atoms with Gasteiger partial charge in [0.05, 0.1) is 0 Å². The molecule has 1 heteroatoms. The van der Waals surface area contributed by atoms with Crippen LogP contribution < -0.4 is 0 Å². The summed E-state index contributed by atoms with van der Waals surface area (Å²) in [5.41, 5.74) is 4.93. The fraction of sp³-hybridized carbons (Fsp3) is 0.364. The Bertz CT molecular complexity index is 291. The lowest BCUT2D eigenvalue weighted by molar-refractivity contribution is 1.35. The quantitative estimate of drug-likeness (QED) is 0.561. The van der Waals surface area contributed by atoms with Gasteiger partial charge in [-0.2, -0.15) is 0 Å². The van der Waals surface area contributed by atoms with Crippen LogP contribution in [0, 0.1) is 13.8 Å². The van der Waals surface area contributed by atoms with E-state index in [9.17, 15) is 0 Å². The van der Waals surface area contributed by atoms with Gasteiger partial charge in [-0.05, 0) is 26.3 Å². The molecule has 0 spiro atoms. The van der Waals surface area contributed by atoms with Crippen LogP contribution in [-0.4, -0.2) is 12.8 Å². The van der Waals surface area contributed by atoms with Crippen LogP contribution in [0.25, 0.3) is 0 Å². The highest BCUT2D eigenvalue weighted by atomic mass is 14.7. The van der Waals surface area contributed by atoms with E-state index >= 15 is 0 Å². The number of nitrogens with zero attached hydrogens (tertiary/aromatic N) is 1. The monoisotopic (exact) mass is 161 g/mol. The van der Waals surface area contributed by atoms with Crippen LogP contribution >= 0.6 is 0 Å². The lowest BCUT2D eigenvalue weighted by Crippen LogP contribution is -1.95. The predicted molar refractivity (Wildman–Crippen MR) is 54.1 cm³/mol. The van der Waals surface area contributed by atoms with Gasteiger partial charge in [0.25, 0.3) is 0 Å². The van der Waals surface area contributed by atoms with Gasteiger partial charge in [0.2, 0.25) is 0 Å². The van der Waals surface area contributed by atoms with Gasteiger partial charge < -0.3 is 0 Å². The maximum atomic E-state index is 4.16. The standard InChI is InChI=1S/C11H15N/c1-8-5-9(2)7-11(6-8)10(3)12-4/h5-7H,1-4H3. The molecule has 1 rings (SSSR count). The molecule has 0 saturated heterocycles. The third-order valence-electron chi connectivity index (χ3n) is 1.97. The molecule has 1 aromatic rings. The number of benzene rings is 1. The lowest BCUT2D eigenvalue weighted by Gasteiger charge is -2.03. The van der Waals surface area contributed by atoms with E-state index < -0.39 is 0 Å². The molecule has 0 radical (unpaired) electrons. The Labute approximate surface area is 74.2 Å². The summed E-state index contributed by atoms with van der Waals surface area (Å²) < 4.78 is 0. The third-order valence-corrected chi connectivity index (χ3v) is 1.97. The lowest BCUT2D eigenvalue weighted by atomic mass is 10.0. The average molecular weight is 161 g/mol. The van der Waals surface area contributed by atoms with E-state index in [1.807, 2.05) is 14.0 Å². The minimum atomic E-state index is 1.10. The Balaban J connectivity index is 3.17. The molecule has 12 heavy (non-hydrogen) atoms. The fourth-order valence-corrected chi connectivity index (χ4v) is 1.31. The van der Waals surface area contributed by atoms with Crippen molar-refractivity contribution in [1.82, 2.24) is 0 Å². The summed E-state index contributed by atoms with van der Waals surface area (Å²) in [4.78, 5) is 4.16. The minimum absolute atomic E-state index is 1.10. The number of aliphatic imine (C=N–C) groups is 1. The van der Waals surface area contributed by atoms with E-state index in [0.717, 1.165) is 5.71 Å². The van der Waals surface area contributed by atoms with Gasteiger partial charge in [-0.15, -0.1) is 0 Å². The number of aryl methyl sites for hydroxylation is 2. The first-order chi connectivity index (χ1) is 5.63. The van der Waals surface area contributed by atoms with Crippen molar-refractivity contribution in [2.24, 2.45) is 4.99 Å². The summed E-state index contributed by atoms with van der Waals surface area (Å²) >= 11 is 0. The molecule has 0 atom stereocenters. The first kappa shape index (κ1) is 8.98. The molecule has 0 fully saturated rings. The van der Waals surface area contributed by atoms with Crippen molar-refractivity contribution in [3.05, 3.63) is 34.9 Å². The summed E-state index contributed by atoms with van der Waals surface area (Å²) in [6, 6.07) is 6.50. The van der Waals surface area contributed by atoms with Gasteiger partial charge in [0.15, 0.2) is 0 Å². The van der Waals surface area contributed by atoms with Crippen molar-refractivity contribution in [1.29, 1.82) is 0 Å². The third kappa shape index (κ3) is 1.94. The molecule has 0 saturated carbocycles. The summed E-state index contributed by atoms with van der Waals surface area (Å²) in [7, 11) is 1.83. The Morgan fingerprint density at radius 2 is 1.58 bits per heavy atom. The zero-order valence-electron chi connectivity index (χ0n) is 8.18. The van der Waals surface area contributed by atoms with E-state index in [2.05, 4.69) is 37.0 Å². The van der Waals surface area contributed by atoms with Crippen LogP contribution in [0.3, 0.4) is 0 Å². The molecule has 0 bridgehead atoms. The normalized spacial score (nSPS) is 11.8. The van der Waals surface area contributed by atoms with Crippen LogP contribution in [0.5, 0.6) is 0 Å². The van der Waals surface area contributed by atoms with Crippen molar-refractivity contribution >= 4 is 5.71 Å². The molecule has 0 unspecified atom stereocenters. The highest BCUT2D eigenvalue weighted by Gasteiger charge is 1.97. The van der Waals surface area contributed by atoms with Crippen molar-refractivity contribution in [2.75, 3.05) is 7.05 Å². The largest absolute Gasteiger partial charge is 0.293 e. The van der Waals surface area contributed by atoms with Crippen molar-refractivity contribution < 1.29 is 0 Å². The van der Waals surface area contributed by atoms with Crippen LogP contribution in [0.4, 0.5) is 0 Å². The van der Waals surface area contributed by atoms with Gasteiger partial charge >= 0.3 is 0 Å². The summed E-state index contributed by atoms with van der Waals surface area (Å²) in [5, 5.41) is 0. The van der Waals surface area contributed by atoms with E-state index in [0.29, 0.717) is 0 Å². The molecule has 0 N–H and O–H groups in total. The molecule has 0 aliphatic carbocycles. The van der Waals surface area contributed by atoms with Crippen molar-refractivity contribution in [2.45, 2.75) is 20.8 Å². The number of hydrogen-bond acceptors (Lipinski definition) is 1. The smallest absolute Gasteiger partial charge is 0.0386 e. The van der Waals surface area contributed by atoms with Crippen molar-refractivity contribution in [3.63, 3.8) is 0 Å². The van der Waals surface area contributed by atoms with Gasteiger partial charge in [0, 0.05) is 12.8 Å². The predicted octanol–water partition coefficient (Wildman–Crippen LogP) is 2.74. The average Bonchev–Trinajstić information content (AvgIpc) is 2.01. The summed E-state index contributed by atoms with van der Waals surface area (Å²) in [5.74, 6) is 0. The molecule has 0 heterocycles. The number of rotatable bonds is 1. The van der Waals surface area contributed by atoms with E-state index in [-0.39, 0.29) is 0 Å². The van der Waals surface area contributed by atoms with Crippen LogP contribution in [0.15, 0.2) is 23.2 Å². The first-order valence-corrected chi connectivity index (χ1v) is 4.15. The van der Waals surface area contributed by atoms with E-state index in [4.69, 9.17) is 0 Å². The molecule has 1 nitrogen and oxygen atoms in total. The molecule has 0 amide bonds. The second-order valence-electron chi connectivity index (χ2n) is 3.19. The minimum Gasteiger partial charge on any atom is -0.293 e. The van der Waals surface area contributed by atoms with Crippen LogP contribution in [-0.2, 0) is 0 Å². The van der Waals surface area contributed by atoms with E-state index in [1.165, 1.54) is 16.7 Å². The second-order valence-corrected chi connectivity index (χ2v) is 3.19. The second kappa shape index (κ2) is 3.53. The fourth-order valence-electron chi connectivity index (χ4n) is 1.31. The maximum absolute atomic E-state index is 4.16. The Morgan fingerprint density at radius 1 is 1.08 bits per heavy atom. The highest BCUT2D eigenvalue weighted by Crippen LogP contribution is 2.09. The molecule has 0 aliphatic rings. The number of hydrogen-bond donors (Lipinski definition) is 0. The van der Waals surface area contributed by atoms with Crippen LogP contribution in [0.1, 0.15) is 23.6 Å². The first-order valence-electron chi connectivity index (χ1n) is 4.15. The molecule has 64 valence electrons.